The van der Waals surface area contributed by atoms with E-state index >= 15 is 0 Å². The molecule has 1 aliphatic rings. The molecule has 3 heteroatoms. The highest BCUT2D eigenvalue weighted by Crippen LogP contribution is 2.37. The summed E-state index contributed by atoms with van der Waals surface area (Å²) in [5.74, 6) is 0.734. The summed E-state index contributed by atoms with van der Waals surface area (Å²) < 4.78 is 0. The quantitative estimate of drug-likeness (QED) is 0.709. The van der Waals surface area contributed by atoms with Gasteiger partial charge in [0.05, 0.1) is 5.69 Å². The number of hydrogen-bond acceptors (Lipinski definition) is 3. The largest absolute Gasteiger partial charge is 0.384 e. The average Bonchev–Trinajstić information content (AvgIpc) is 2.54. The van der Waals surface area contributed by atoms with E-state index in [-0.39, 0.29) is 0 Å². The zero-order valence-corrected chi connectivity index (χ0v) is 7.82. The van der Waals surface area contributed by atoms with Gasteiger partial charge in [0.25, 0.3) is 0 Å². The molecule has 0 saturated heterocycles. The topological polar surface area (TPSA) is 46.0 Å². The van der Waals surface area contributed by atoms with Gasteiger partial charge in [-0.15, -0.1) is 0 Å². The molecule has 1 saturated carbocycles. The second kappa shape index (κ2) is 3.07. The Hall–Kier alpha value is -0.960. The lowest BCUT2D eigenvalue weighted by molar-refractivity contribution is 0.0396. The Labute approximate surface area is 77.8 Å². The van der Waals surface area contributed by atoms with E-state index in [0.29, 0.717) is 0 Å². The van der Waals surface area contributed by atoms with Crippen LogP contribution in [0.15, 0.2) is 12.3 Å². The number of hydrogen-bond donors (Lipinski definition) is 1. The van der Waals surface area contributed by atoms with Crippen molar-refractivity contribution in [3.63, 3.8) is 0 Å². The van der Waals surface area contributed by atoms with Crippen molar-refractivity contribution in [3.05, 3.63) is 23.8 Å². The van der Waals surface area contributed by atoms with Crippen LogP contribution in [0.4, 0.5) is 0 Å². The molecule has 1 fully saturated rings. The second-order valence-corrected chi connectivity index (χ2v) is 3.73. The van der Waals surface area contributed by atoms with E-state index in [1.807, 2.05) is 13.0 Å². The van der Waals surface area contributed by atoms with E-state index in [1.165, 1.54) is 0 Å². The smallest absolute Gasteiger partial charge is 0.125 e. The van der Waals surface area contributed by atoms with Gasteiger partial charge < -0.3 is 5.11 Å². The van der Waals surface area contributed by atoms with E-state index in [2.05, 4.69) is 9.97 Å². The number of aliphatic hydroxyl groups is 1. The van der Waals surface area contributed by atoms with Gasteiger partial charge in [0.1, 0.15) is 11.4 Å². The van der Waals surface area contributed by atoms with Gasteiger partial charge in [-0.25, -0.2) is 9.97 Å². The Morgan fingerprint density at radius 1 is 1.38 bits per heavy atom. The second-order valence-electron chi connectivity index (χ2n) is 3.73. The summed E-state index contributed by atoms with van der Waals surface area (Å²) >= 11 is 0. The maximum absolute atomic E-state index is 10.2. The van der Waals surface area contributed by atoms with Crippen molar-refractivity contribution in [1.82, 2.24) is 9.97 Å². The predicted molar refractivity (Wildman–Crippen MR) is 49.1 cm³/mol. The molecule has 1 aromatic heterocycles. The molecule has 1 aromatic rings. The van der Waals surface area contributed by atoms with Gasteiger partial charge in [0.15, 0.2) is 0 Å². The fourth-order valence-corrected chi connectivity index (χ4v) is 1.93. The van der Waals surface area contributed by atoms with Gasteiger partial charge in [-0.3, -0.25) is 0 Å². The Kier molecular flexibility index (Phi) is 2.04. The third-order valence-corrected chi connectivity index (χ3v) is 2.68. The maximum atomic E-state index is 10.2. The Morgan fingerprint density at radius 2 is 2.08 bits per heavy atom. The average molecular weight is 178 g/mol. The van der Waals surface area contributed by atoms with Crippen LogP contribution in [0.2, 0.25) is 0 Å². The Morgan fingerprint density at radius 3 is 2.69 bits per heavy atom. The monoisotopic (exact) mass is 178 g/mol. The van der Waals surface area contributed by atoms with Crippen LogP contribution in [0, 0.1) is 6.92 Å². The predicted octanol–water partition coefficient (Wildman–Crippen LogP) is 1.55. The minimum atomic E-state index is -0.673. The third-order valence-electron chi connectivity index (χ3n) is 2.68. The fourth-order valence-electron chi connectivity index (χ4n) is 1.93. The lowest BCUT2D eigenvalue weighted by Gasteiger charge is -2.21. The maximum Gasteiger partial charge on any atom is 0.125 e. The van der Waals surface area contributed by atoms with Crippen molar-refractivity contribution in [2.24, 2.45) is 0 Å². The first-order valence-electron chi connectivity index (χ1n) is 4.73. The first-order chi connectivity index (χ1) is 6.21. The molecule has 0 aliphatic heterocycles. The van der Waals surface area contributed by atoms with Crippen molar-refractivity contribution in [2.75, 3.05) is 0 Å². The Bertz CT molecular complexity index is 306. The molecule has 2 rings (SSSR count). The molecule has 0 amide bonds. The summed E-state index contributed by atoms with van der Waals surface area (Å²) in [5.41, 5.74) is 0.116. The number of aryl methyl sites for hydroxylation is 1. The zero-order valence-electron chi connectivity index (χ0n) is 7.82. The highest BCUT2D eigenvalue weighted by Gasteiger charge is 2.34. The summed E-state index contributed by atoms with van der Waals surface area (Å²) in [6, 6.07) is 1.82. The standard InChI is InChI=1S/C10H14N2O/c1-8-11-7-4-9(12-8)10(13)5-2-3-6-10/h4,7,13H,2-3,5-6H2,1H3. The Balaban J connectivity index is 2.33. The number of aromatic nitrogens is 2. The molecule has 0 unspecified atom stereocenters. The van der Waals surface area contributed by atoms with Gasteiger partial charge in [0.2, 0.25) is 0 Å². The molecule has 0 spiro atoms. The molecule has 1 N–H and O–H groups in total. The molecule has 13 heavy (non-hydrogen) atoms. The molecule has 70 valence electrons. The van der Waals surface area contributed by atoms with Crippen LogP contribution in [-0.2, 0) is 5.60 Å². The zero-order chi connectivity index (χ0) is 9.31. The minimum absolute atomic E-state index is 0.673. The van der Waals surface area contributed by atoms with Crippen LogP contribution >= 0.6 is 0 Å². The molecule has 3 nitrogen and oxygen atoms in total. The molecule has 0 radical (unpaired) electrons. The summed E-state index contributed by atoms with van der Waals surface area (Å²) in [4.78, 5) is 8.29. The SMILES string of the molecule is Cc1nccc(C2(O)CCCC2)n1. The van der Waals surface area contributed by atoms with Crippen molar-refractivity contribution in [1.29, 1.82) is 0 Å². The third kappa shape index (κ3) is 1.56. The first-order valence-corrected chi connectivity index (χ1v) is 4.73. The lowest BCUT2D eigenvalue weighted by Crippen LogP contribution is -2.22. The molecule has 1 aliphatic carbocycles. The van der Waals surface area contributed by atoms with E-state index < -0.39 is 5.60 Å². The van der Waals surface area contributed by atoms with Crippen molar-refractivity contribution in [2.45, 2.75) is 38.2 Å². The lowest BCUT2D eigenvalue weighted by atomic mass is 9.98. The summed E-state index contributed by atoms with van der Waals surface area (Å²) in [7, 11) is 0. The van der Waals surface area contributed by atoms with Gasteiger partial charge in [0, 0.05) is 6.20 Å². The van der Waals surface area contributed by atoms with Gasteiger partial charge >= 0.3 is 0 Å². The molecule has 0 atom stereocenters. The molecule has 1 heterocycles. The molecule has 0 aromatic carbocycles. The van der Waals surface area contributed by atoms with Crippen LogP contribution in [0.5, 0.6) is 0 Å². The molecule has 0 bridgehead atoms. The number of rotatable bonds is 1. The van der Waals surface area contributed by atoms with E-state index in [4.69, 9.17) is 0 Å². The minimum Gasteiger partial charge on any atom is -0.384 e. The highest BCUT2D eigenvalue weighted by molar-refractivity contribution is 5.13. The fraction of sp³-hybridized carbons (Fsp3) is 0.600. The van der Waals surface area contributed by atoms with Crippen LogP contribution in [-0.4, -0.2) is 15.1 Å². The number of nitrogens with zero attached hydrogens (tertiary/aromatic N) is 2. The van der Waals surface area contributed by atoms with E-state index in [1.54, 1.807) is 6.20 Å². The van der Waals surface area contributed by atoms with Crippen LogP contribution < -0.4 is 0 Å². The summed E-state index contributed by atoms with van der Waals surface area (Å²) in [5, 5.41) is 10.2. The van der Waals surface area contributed by atoms with Gasteiger partial charge in [-0.05, 0) is 25.8 Å². The van der Waals surface area contributed by atoms with Crippen LogP contribution in [0.3, 0.4) is 0 Å². The van der Waals surface area contributed by atoms with Crippen molar-refractivity contribution >= 4 is 0 Å². The van der Waals surface area contributed by atoms with E-state index in [0.717, 1.165) is 37.2 Å². The van der Waals surface area contributed by atoms with Crippen LogP contribution in [0.1, 0.15) is 37.2 Å². The first kappa shape index (κ1) is 8.63. The van der Waals surface area contributed by atoms with Crippen LogP contribution in [0.25, 0.3) is 0 Å². The highest BCUT2D eigenvalue weighted by atomic mass is 16.3. The van der Waals surface area contributed by atoms with E-state index in [9.17, 15) is 5.11 Å². The van der Waals surface area contributed by atoms with Gasteiger partial charge in [-0.2, -0.15) is 0 Å². The molecular weight excluding hydrogens is 164 g/mol. The summed E-state index contributed by atoms with van der Waals surface area (Å²) in [6.07, 6.45) is 5.58. The normalized spacial score (nSPS) is 20.5. The summed E-state index contributed by atoms with van der Waals surface area (Å²) in [6.45, 7) is 1.85. The van der Waals surface area contributed by atoms with Crippen molar-refractivity contribution < 1.29 is 5.11 Å². The van der Waals surface area contributed by atoms with Crippen molar-refractivity contribution in [3.8, 4) is 0 Å². The molecular formula is C10H14N2O. The van der Waals surface area contributed by atoms with Gasteiger partial charge in [-0.1, -0.05) is 12.8 Å².